The molecule has 0 aromatic heterocycles. The van der Waals surface area contributed by atoms with E-state index >= 15 is 0 Å². The molecule has 0 fully saturated rings. The highest BCUT2D eigenvalue weighted by Gasteiger charge is 2.07. The molecule has 1 N–H and O–H groups in total. The van der Waals surface area contributed by atoms with Gasteiger partial charge in [-0.15, -0.1) is 0 Å². The summed E-state index contributed by atoms with van der Waals surface area (Å²) in [7, 11) is 0. The molecule has 0 radical (unpaired) electrons. The van der Waals surface area contributed by atoms with E-state index in [2.05, 4.69) is 17.1 Å². The van der Waals surface area contributed by atoms with E-state index in [9.17, 15) is 4.79 Å². The van der Waals surface area contributed by atoms with Crippen LogP contribution in [0.1, 0.15) is 28.4 Å². The van der Waals surface area contributed by atoms with Gasteiger partial charge >= 0.3 is 0 Å². The summed E-state index contributed by atoms with van der Waals surface area (Å²) in [5.41, 5.74) is 4.83. The third-order valence-corrected chi connectivity index (χ3v) is 3.39. The predicted octanol–water partition coefficient (Wildman–Crippen LogP) is 3.72. The third kappa shape index (κ3) is 5.21. The second-order valence-electron chi connectivity index (χ2n) is 5.25. The first-order valence-corrected chi connectivity index (χ1v) is 8.05. The quantitative estimate of drug-likeness (QED) is 0.453. The molecule has 0 saturated carbocycles. The van der Waals surface area contributed by atoms with Gasteiger partial charge in [-0.05, 0) is 49.2 Å². The summed E-state index contributed by atoms with van der Waals surface area (Å²) in [6.45, 7) is 8.34. The molecular weight excluding hydrogens is 316 g/mol. The van der Waals surface area contributed by atoms with Gasteiger partial charge in [-0.2, -0.15) is 5.10 Å². The fraction of sp³-hybridized carbons (Fsp3) is 0.200. The molecular formula is C20H22N2O3. The molecule has 1 amide bonds. The average molecular weight is 338 g/mol. The maximum absolute atomic E-state index is 12.1. The Labute approximate surface area is 148 Å². The fourth-order valence-corrected chi connectivity index (χ4v) is 2.19. The van der Waals surface area contributed by atoms with Crippen LogP contribution in [-0.2, 0) is 0 Å². The lowest BCUT2D eigenvalue weighted by molar-refractivity contribution is 0.0954. The highest BCUT2D eigenvalue weighted by Crippen LogP contribution is 2.28. The highest BCUT2D eigenvalue weighted by atomic mass is 16.5. The Bertz CT molecular complexity index is 769. The number of nitrogens with one attached hydrogen (secondary N) is 1. The van der Waals surface area contributed by atoms with Gasteiger partial charge in [0.25, 0.3) is 5.91 Å². The van der Waals surface area contributed by atoms with E-state index in [1.807, 2.05) is 44.2 Å². The van der Waals surface area contributed by atoms with E-state index in [4.69, 9.17) is 9.47 Å². The summed E-state index contributed by atoms with van der Waals surface area (Å²) in [6.07, 6.45) is 3.24. The van der Waals surface area contributed by atoms with Crippen molar-refractivity contribution in [2.45, 2.75) is 13.8 Å². The first-order chi connectivity index (χ1) is 12.2. The van der Waals surface area contributed by atoms with Gasteiger partial charge in [0.2, 0.25) is 0 Å². The molecule has 5 nitrogen and oxygen atoms in total. The number of amides is 1. The van der Waals surface area contributed by atoms with Crippen LogP contribution < -0.4 is 14.9 Å². The first kappa shape index (κ1) is 18.3. The number of carbonyl (C=O) groups is 1. The Morgan fingerprint density at radius 1 is 1.20 bits per heavy atom. The summed E-state index contributed by atoms with van der Waals surface area (Å²) in [5, 5.41) is 4.02. The van der Waals surface area contributed by atoms with Crippen LogP contribution in [0.4, 0.5) is 0 Å². The normalized spacial score (nSPS) is 10.5. The molecule has 2 aromatic carbocycles. The lowest BCUT2D eigenvalue weighted by Crippen LogP contribution is -2.18. The van der Waals surface area contributed by atoms with Crippen molar-refractivity contribution < 1.29 is 14.3 Å². The lowest BCUT2D eigenvalue weighted by atomic mass is 10.1. The zero-order chi connectivity index (χ0) is 18.1. The fourth-order valence-electron chi connectivity index (χ4n) is 2.19. The molecule has 0 spiro atoms. The smallest absolute Gasteiger partial charge is 0.271 e. The third-order valence-electron chi connectivity index (χ3n) is 3.39. The molecule has 2 rings (SSSR count). The number of aryl methyl sites for hydroxylation is 1. The minimum atomic E-state index is -0.245. The molecule has 0 saturated heterocycles. The molecule has 0 unspecified atom stereocenters. The molecule has 0 heterocycles. The van der Waals surface area contributed by atoms with Crippen molar-refractivity contribution >= 4 is 12.1 Å². The monoisotopic (exact) mass is 338 g/mol. The minimum absolute atomic E-state index is 0.245. The zero-order valence-electron chi connectivity index (χ0n) is 14.5. The maximum Gasteiger partial charge on any atom is 0.271 e. The van der Waals surface area contributed by atoms with Gasteiger partial charge in [0, 0.05) is 5.56 Å². The van der Waals surface area contributed by atoms with Crippen LogP contribution in [0.3, 0.4) is 0 Å². The summed E-state index contributed by atoms with van der Waals surface area (Å²) in [4.78, 5) is 12.1. The number of carbonyl (C=O) groups excluding carboxylic acids is 1. The Hall–Kier alpha value is -3.08. The van der Waals surface area contributed by atoms with Gasteiger partial charge in [0.1, 0.15) is 6.61 Å². The molecule has 25 heavy (non-hydrogen) atoms. The maximum atomic E-state index is 12.1. The number of benzene rings is 2. The van der Waals surface area contributed by atoms with Crippen LogP contribution in [-0.4, -0.2) is 25.3 Å². The number of rotatable bonds is 8. The van der Waals surface area contributed by atoms with Gasteiger partial charge < -0.3 is 9.47 Å². The molecule has 0 atom stereocenters. The van der Waals surface area contributed by atoms with Crippen molar-refractivity contribution in [3.8, 4) is 11.5 Å². The summed E-state index contributed by atoms with van der Waals surface area (Å²) in [5.74, 6) is 1.02. The van der Waals surface area contributed by atoms with E-state index in [1.54, 1.807) is 24.4 Å². The molecule has 0 aliphatic carbocycles. The Kier molecular flexibility index (Phi) is 6.77. The van der Waals surface area contributed by atoms with Gasteiger partial charge in [-0.25, -0.2) is 5.43 Å². The van der Waals surface area contributed by atoms with Crippen molar-refractivity contribution in [1.82, 2.24) is 5.43 Å². The second kappa shape index (κ2) is 9.27. The van der Waals surface area contributed by atoms with Crippen LogP contribution in [0.15, 0.2) is 60.2 Å². The van der Waals surface area contributed by atoms with Crippen LogP contribution >= 0.6 is 0 Å². The molecule has 5 heteroatoms. The van der Waals surface area contributed by atoms with Crippen LogP contribution in [0.25, 0.3) is 0 Å². The number of nitrogens with zero attached hydrogens (tertiary/aromatic N) is 1. The van der Waals surface area contributed by atoms with Crippen molar-refractivity contribution in [3.05, 3.63) is 71.8 Å². The SMILES string of the molecule is C=CCOc1ccc(/C=N\NC(=O)c2ccccc2C)cc1OCC. The summed E-state index contributed by atoms with van der Waals surface area (Å²) < 4.78 is 11.1. The Morgan fingerprint density at radius 2 is 2.00 bits per heavy atom. The predicted molar refractivity (Wildman–Crippen MR) is 99.5 cm³/mol. The molecule has 2 aromatic rings. The molecule has 130 valence electrons. The van der Waals surface area contributed by atoms with E-state index in [1.165, 1.54) is 0 Å². The Balaban J connectivity index is 2.07. The van der Waals surface area contributed by atoms with Crippen molar-refractivity contribution in [3.63, 3.8) is 0 Å². The van der Waals surface area contributed by atoms with Crippen molar-refractivity contribution in [2.24, 2.45) is 5.10 Å². The largest absolute Gasteiger partial charge is 0.490 e. The van der Waals surface area contributed by atoms with Crippen LogP contribution in [0.5, 0.6) is 11.5 Å². The number of hydrogen-bond acceptors (Lipinski definition) is 4. The average Bonchev–Trinajstić information content (AvgIpc) is 2.61. The van der Waals surface area contributed by atoms with E-state index in [-0.39, 0.29) is 5.91 Å². The van der Waals surface area contributed by atoms with Gasteiger partial charge in [-0.3, -0.25) is 4.79 Å². The van der Waals surface area contributed by atoms with Crippen molar-refractivity contribution in [1.29, 1.82) is 0 Å². The van der Waals surface area contributed by atoms with Crippen molar-refractivity contribution in [2.75, 3.05) is 13.2 Å². The standard InChI is InChI=1S/C20H22N2O3/c1-4-12-25-18-11-10-16(13-19(18)24-5-2)14-21-22-20(23)17-9-7-6-8-15(17)3/h4,6-11,13-14H,1,5,12H2,2-3H3,(H,22,23)/b21-14-. The van der Waals surface area contributed by atoms with E-state index in [0.29, 0.717) is 30.3 Å². The molecule has 0 aliphatic rings. The van der Waals surface area contributed by atoms with Gasteiger partial charge in [0.05, 0.1) is 12.8 Å². The number of hydrogen-bond donors (Lipinski definition) is 1. The number of hydrazone groups is 1. The minimum Gasteiger partial charge on any atom is -0.490 e. The summed E-state index contributed by atoms with van der Waals surface area (Å²) >= 11 is 0. The number of ether oxygens (including phenoxy) is 2. The van der Waals surface area contributed by atoms with Crippen LogP contribution in [0.2, 0.25) is 0 Å². The lowest BCUT2D eigenvalue weighted by Gasteiger charge is -2.11. The zero-order valence-corrected chi connectivity index (χ0v) is 14.5. The van der Waals surface area contributed by atoms with E-state index < -0.39 is 0 Å². The first-order valence-electron chi connectivity index (χ1n) is 8.05. The molecule has 0 bridgehead atoms. The highest BCUT2D eigenvalue weighted by molar-refractivity contribution is 5.96. The van der Waals surface area contributed by atoms with Gasteiger partial charge in [-0.1, -0.05) is 30.9 Å². The summed E-state index contributed by atoms with van der Waals surface area (Å²) in [6, 6.07) is 12.8. The topological polar surface area (TPSA) is 59.9 Å². The van der Waals surface area contributed by atoms with E-state index in [0.717, 1.165) is 11.1 Å². The Morgan fingerprint density at radius 3 is 2.72 bits per heavy atom. The molecule has 0 aliphatic heterocycles. The van der Waals surface area contributed by atoms with Crippen LogP contribution in [0, 0.1) is 6.92 Å². The van der Waals surface area contributed by atoms with Gasteiger partial charge in [0.15, 0.2) is 11.5 Å². The second-order valence-corrected chi connectivity index (χ2v) is 5.25.